The average Bonchev–Trinajstić information content (AvgIpc) is 2.91. The molecule has 0 radical (unpaired) electrons. The Hall–Kier alpha value is -4.92. The number of methoxy groups -OCH3 is 1. The average molecular weight is 513 g/mol. The van der Waals surface area contributed by atoms with Gasteiger partial charge in [-0.3, -0.25) is 10.1 Å². The summed E-state index contributed by atoms with van der Waals surface area (Å²) in [5.41, 5.74) is 3.28. The van der Waals surface area contributed by atoms with Crippen LogP contribution in [0.25, 0.3) is 0 Å². The number of carbonyl (C=O) groups excluding carboxylic acids is 2. The Morgan fingerprint density at radius 2 is 1.89 bits per heavy atom. The highest BCUT2D eigenvalue weighted by molar-refractivity contribution is 6.04. The van der Waals surface area contributed by atoms with E-state index in [9.17, 15) is 14.0 Å². The smallest absolute Gasteiger partial charge is 0.323 e. The highest BCUT2D eigenvalue weighted by Gasteiger charge is 2.27. The van der Waals surface area contributed by atoms with E-state index < -0.39 is 5.82 Å². The van der Waals surface area contributed by atoms with Crippen LogP contribution in [0.1, 0.15) is 27.0 Å². The first-order valence-corrected chi connectivity index (χ1v) is 11.9. The summed E-state index contributed by atoms with van der Waals surface area (Å²) in [6, 6.07) is 20.1. The first kappa shape index (κ1) is 24.8. The lowest BCUT2D eigenvalue weighted by atomic mass is 10.1. The molecule has 9 heteroatoms. The van der Waals surface area contributed by atoms with E-state index in [2.05, 4.69) is 15.6 Å². The lowest BCUT2D eigenvalue weighted by molar-refractivity contribution is 0.102. The fourth-order valence-electron chi connectivity index (χ4n) is 4.12. The molecule has 5 rings (SSSR count). The van der Waals surface area contributed by atoms with Gasteiger partial charge in [-0.25, -0.2) is 14.2 Å². The second-order valence-corrected chi connectivity index (χ2v) is 8.84. The number of nitrogens with zero attached hydrogens (tertiary/aromatic N) is 2. The van der Waals surface area contributed by atoms with Crippen molar-refractivity contribution in [3.05, 3.63) is 107 Å². The van der Waals surface area contributed by atoms with E-state index in [-0.39, 0.29) is 24.2 Å². The van der Waals surface area contributed by atoms with E-state index in [0.717, 1.165) is 16.9 Å². The molecule has 8 nitrogen and oxygen atoms in total. The highest BCUT2D eigenvalue weighted by Crippen LogP contribution is 2.35. The Morgan fingerprint density at radius 1 is 1.08 bits per heavy atom. The number of ether oxygens (including phenoxy) is 2. The molecule has 3 amide bonds. The topological polar surface area (TPSA) is 92.8 Å². The fraction of sp³-hybridized carbons (Fsp3) is 0.138. The molecule has 0 saturated heterocycles. The quantitative estimate of drug-likeness (QED) is 0.311. The third kappa shape index (κ3) is 5.41. The lowest BCUT2D eigenvalue weighted by Gasteiger charge is -2.29. The van der Waals surface area contributed by atoms with E-state index in [1.54, 1.807) is 42.3 Å². The number of urea groups is 1. The molecule has 0 unspecified atom stereocenters. The number of anilines is 2. The van der Waals surface area contributed by atoms with Gasteiger partial charge in [-0.15, -0.1) is 0 Å². The van der Waals surface area contributed by atoms with Gasteiger partial charge in [-0.2, -0.15) is 0 Å². The number of amides is 3. The molecule has 1 aromatic heterocycles. The summed E-state index contributed by atoms with van der Waals surface area (Å²) in [6.45, 7) is 2.47. The number of benzene rings is 3. The molecule has 0 bridgehead atoms. The van der Waals surface area contributed by atoms with E-state index in [1.807, 2.05) is 37.3 Å². The maximum atomic E-state index is 15.0. The van der Waals surface area contributed by atoms with Crippen molar-refractivity contribution in [1.82, 2.24) is 9.88 Å². The minimum Gasteiger partial charge on any atom is -0.497 e. The number of aryl methyl sites for hydroxylation is 1. The Balaban J connectivity index is 1.32. The van der Waals surface area contributed by atoms with Gasteiger partial charge in [-0.05, 0) is 55.0 Å². The van der Waals surface area contributed by atoms with Gasteiger partial charge in [0.05, 0.1) is 19.2 Å². The SMILES string of the molecule is COc1ccc(CN2Cc3c(Oc4ccc(NC(=O)c5cccc(C)c5)cc4F)ccnc3NC2=O)cc1. The van der Waals surface area contributed by atoms with Crippen molar-refractivity contribution in [3.63, 3.8) is 0 Å². The maximum absolute atomic E-state index is 15.0. The first-order valence-electron chi connectivity index (χ1n) is 11.9. The molecule has 3 aromatic carbocycles. The standard InChI is InChI=1S/C29H25FN4O4/c1-18-4-3-5-20(14-18)28(35)32-21-8-11-26(24(30)15-21)38-25-12-13-31-27-23(25)17-34(29(36)33-27)16-19-6-9-22(37-2)10-7-19/h3-15H,16-17H2,1-2H3,(H,32,35)(H,31,33,36). The Morgan fingerprint density at radius 3 is 2.63 bits per heavy atom. The number of fused-ring (bicyclic) bond motifs is 1. The van der Waals surface area contributed by atoms with Crippen molar-refractivity contribution >= 4 is 23.4 Å². The molecule has 0 saturated carbocycles. The third-order valence-corrected chi connectivity index (χ3v) is 6.10. The highest BCUT2D eigenvalue weighted by atomic mass is 19.1. The predicted molar refractivity (Wildman–Crippen MR) is 141 cm³/mol. The molecule has 2 heterocycles. The Kier molecular flexibility index (Phi) is 6.90. The minimum atomic E-state index is -0.646. The van der Waals surface area contributed by atoms with E-state index in [1.165, 1.54) is 18.3 Å². The van der Waals surface area contributed by atoms with Crippen LogP contribution in [0.2, 0.25) is 0 Å². The monoisotopic (exact) mass is 512 g/mol. The number of aromatic nitrogens is 1. The normalized spacial score (nSPS) is 12.4. The van der Waals surface area contributed by atoms with E-state index in [4.69, 9.17) is 9.47 Å². The summed E-state index contributed by atoms with van der Waals surface area (Å²) >= 11 is 0. The van der Waals surface area contributed by atoms with Gasteiger partial charge in [0.2, 0.25) is 0 Å². The van der Waals surface area contributed by atoms with Gasteiger partial charge in [0, 0.05) is 30.1 Å². The van der Waals surface area contributed by atoms with Crippen molar-refractivity contribution in [2.24, 2.45) is 0 Å². The van der Waals surface area contributed by atoms with Crippen LogP contribution >= 0.6 is 0 Å². The largest absolute Gasteiger partial charge is 0.497 e. The third-order valence-electron chi connectivity index (χ3n) is 6.10. The molecule has 0 spiro atoms. The molecule has 1 aliphatic rings. The number of rotatable bonds is 7. The van der Waals surface area contributed by atoms with Crippen molar-refractivity contribution in [2.75, 3.05) is 17.7 Å². The molecule has 1 aliphatic heterocycles. The first-order chi connectivity index (χ1) is 18.4. The van der Waals surface area contributed by atoms with E-state index >= 15 is 0 Å². The Labute approximate surface area is 219 Å². The van der Waals surface area contributed by atoms with Crippen molar-refractivity contribution < 1.29 is 23.5 Å². The van der Waals surface area contributed by atoms with Crippen LogP contribution in [0.3, 0.4) is 0 Å². The van der Waals surface area contributed by atoms with Crippen LogP contribution in [-0.2, 0) is 13.1 Å². The molecule has 192 valence electrons. The molecule has 38 heavy (non-hydrogen) atoms. The van der Waals surface area contributed by atoms with Gasteiger partial charge >= 0.3 is 6.03 Å². The summed E-state index contributed by atoms with van der Waals surface area (Å²) in [7, 11) is 1.59. The second-order valence-electron chi connectivity index (χ2n) is 8.84. The molecule has 0 aliphatic carbocycles. The van der Waals surface area contributed by atoms with Gasteiger partial charge < -0.3 is 19.7 Å². The maximum Gasteiger partial charge on any atom is 0.323 e. The number of halogens is 1. The van der Waals surface area contributed by atoms with Gasteiger partial charge in [0.1, 0.15) is 17.3 Å². The van der Waals surface area contributed by atoms with Crippen molar-refractivity contribution in [3.8, 4) is 17.2 Å². The number of hydrogen-bond donors (Lipinski definition) is 2. The molecule has 2 N–H and O–H groups in total. The summed E-state index contributed by atoms with van der Waals surface area (Å²) in [5, 5.41) is 5.48. The summed E-state index contributed by atoms with van der Waals surface area (Å²) in [5.74, 6) is 0.451. The van der Waals surface area contributed by atoms with E-state index in [0.29, 0.717) is 34.9 Å². The summed E-state index contributed by atoms with van der Waals surface area (Å²) < 4.78 is 26.1. The number of hydrogen-bond acceptors (Lipinski definition) is 5. The van der Waals surface area contributed by atoms with Crippen LogP contribution in [0, 0.1) is 12.7 Å². The van der Waals surface area contributed by atoms with Crippen molar-refractivity contribution in [1.29, 1.82) is 0 Å². The van der Waals surface area contributed by atoms with Crippen molar-refractivity contribution in [2.45, 2.75) is 20.0 Å². The summed E-state index contributed by atoms with van der Waals surface area (Å²) in [4.78, 5) is 31.0. The zero-order chi connectivity index (χ0) is 26.6. The number of pyridine rings is 1. The summed E-state index contributed by atoms with van der Waals surface area (Å²) in [6.07, 6.45) is 1.49. The molecular weight excluding hydrogens is 487 g/mol. The zero-order valence-electron chi connectivity index (χ0n) is 20.8. The zero-order valence-corrected chi connectivity index (χ0v) is 20.8. The van der Waals surface area contributed by atoms with Gasteiger partial charge in [-0.1, -0.05) is 29.8 Å². The van der Waals surface area contributed by atoms with Crippen LogP contribution < -0.4 is 20.1 Å². The van der Waals surface area contributed by atoms with Crippen LogP contribution in [0.15, 0.2) is 79.0 Å². The lowest BCUT2D eigenvalue weighted by Crippen LogP contribution is -2.38. The predicted octanol–water partition coefficient (Wildman–Crippen LogP) is 6.13. The minimum absolute atomic E-state index is 0.0226. The molecule has 0 fully saturated rings. The molecular formula is C29H25FN4O4. The second kappa shape index (κ2) is 10.6. The van der Waals surface area contributed by atoms with Crippen LogP contribution in [0.5, 0.6) is 17.2 Å². The van der Waals surface area contributed by atoms with Crippen LogP contribution in [-0.4, -0.2) is 28.9 Å². The molecule has 4 aromatic rings. The number of carbonyl (C=O) groups is 2. The molecule has 0 atom stereocenters. The van der Waals surface area contributed by atoms with Crippen LogP contribution in [0.4, 0.5) is 20.7 Å². The van der Waals surface area contributed by atoms with Gasteiger partial charge in [0.15, 0.2) is 11.6 Å². The number of nitrogens with one attached hydrogen (secondary N) is 2. The van der Waals surface area contributed by atoms with Gasteiger partial charge in [0.25, 0.3) is 5.91 Å². The Bertz CT molecular complexity index is 1510. The fourth-order valence-corrected chi connectivity index (χ4v) is 4.12.